The van der Waals surface area contributed by atoms with Crippen LogP contribution in [0.3, 0.4) is 0 Å². The smallest absolute Gasteiger partial charge is 0.118 e. The van der Waals surface area contributed by atoms with E-state index < -0.39 is 0 Å². The number of ether oxygens (including phenoxy) is 1. The maximum absolute atomic E-state index is 9.98. The Kier molecular flexibility index (Phi) is 5.86. The van der Waals surface area contributed by atoms with Gasteiger partial charge in [0.1, 0.15) is 5.75 Å². The van der Waals surface area contributed by atoms with Gasteiger partial charge in [0.05, 0.1) is 13.2 Å². The maximum Gasteiger partial charge on any atom is 0.118 e. The standard InChI is InChI=1S/C17H27NO2/c1-13(11-14-7-9-16(20-2)10-8-14)18-12-15-5-3-4-6-17(15)19/h7-10,13,15,17-19H,3-6,11-12H2,1-2H3. The maximum atomic E-state index is 9.98. The van der Waals surface area contributed by atoms with E-state index in [0.717, 1.165) is 31.6 Å². The van der Waals surface area contributed by atoms with Gasteiger partial charge >= 0.3 is 0 Å². The van der Waals surface area contributed by atoms with Crippen molar-refractivity contribution in [3.05, 3.63) is 29.8 Å². The van der Waals surface area contributed by atoms with Crippen LogP contribution >= 0.6 is 0 Å². The minimum absolute atomic E-state index is 0.107. The van der Waals surface area contributed by atoms with E-state index in [1.165, 1.54) is 18.4 Å². The van der Waals surface area contributed by atoms with E-state index in [0.29, 0.717) is 12.0 Å². The van der Waals surface area contributed by atoms with Crippen LogP contribution in [-0.4, -0.2) is 30.9 Å². The summed E-state index contributed by atoms with van der Waals surface area (Å²) in [4.78, 5) is 0. The molecule has 0 radical (unpaired) electrons. The molecule has 0 spiro atoms. The van der Waals surface area contributed by atoms with Crippen molar-refractivity contribution in [1.29, 1.82) is 0 Å². The number of rotatable bonds is 6. The third-order valence-electron chi connectivity index (χ3n) is 4.30. The van der Waals surface area contributed by atoms with Crippen LogP contribution in [0.1, 0.15) is 38.2 Å². The van der Waals surface area contributed by atoms with E-state index in [1.54, 1.807) is 7.11 Å². The fourth-order valence-electron chi connectivity index (χ4n) is 2.97. The minimum Gasteiger partial charge on any atom is -0.497 e. The first-order valence-electron chi connectivity index (χ1n) is 7.73. The van der Waals surface area contributed by atoms with Gasteiger partial charge in [-0.3, -0.25) is 0 Å². The Morgan fingerprint density at radius 1 is 1.25 bits per heavy atom. The van der Waals surface area contributed by atoms with Crippen LogP contribution in [-0.2, 0) is 6.42 Å². The van der Waals surface area contributed by atoms with Crippen molar-refractivity contribution in [1.82, 2.24) is 5.32 Å². The number of aliphatic hydroxyl groups is 1. The molecule has 3 nitrogen and oxygen atoms in total. The highest BCUT2D eigenvalue weighted by Gasteiger charge is 2.22. The Hall–Kier alpha value is -1.06. The molecule has 20 heavy (non-hydrogen) atoms. The zero-order chi connectivity index (χ0) is 14.4. The first kappa shape index (κ1) is 15.3. The number of nitrogens with one attached hydrogen (secondary N) is 1. The fourth-order valence-corrected chi connectivity index (χ4v) is 2.97. The summed E-state index contributed by atoms with van der Waals surface area (Å²) in [6.07, 6.45) is 5.47. The molecule has 0 heterocycles. The van der Waals surface area contributed by atoms with Gasteiger partial charge in [0.25, 0.3) is 0 Å². The van der Waals surface area contributed by atoms with Crippen LogP contribution in [0.25, 0.3) is 0 Å². The zero-order valence-electron chi connectivity index (χ0n) is 12.6. The Morgan fingerprint density at radius 3 is 2.60 bits per heavy atom. The van der Waals surface area contributed by atoms with Crippen LogP contribution in [0.4, 0.5) is 0 Å². The predicted molar refractivity (Wildman–Crippen MR) is 82.1 cm³/mol. The molecule has 0 bridgehead atoms. The second-order valence-corrected chi connectivity index (χ2v) is 5.97. The molecule has 1 saturated carbocycles. The lowest BCUT2D eigenvalue weighted by atomic mass is 9.86. The molecule has 0 saturated heterocycles. The van der Waals surface area contributed by atoms with Gasteiger partial charge in [-0.25, -0.2) is 0 Å². The highest BCUT2D eigenvalue weighted by molar-refractivity contribution is 5.27. The monoisotopic (exact) mass is 277 g/mol. The topological polar surface area (TPSA) is 41.5 Å². The van der Waals surface area contributed by atoms with Crippen LogP contribution in [0.2, 0.25) is 0 Å². The first-order valence-corrected chi connectivity index (χ1v) is 7.73. The summed E-state index contributed by atoms with van der Waals surface area (Å²) in [6.45, 7) is 3.14. The number of benzene rings is 1. The molecule has 1 fully saturated rings. The lowest BCUT2D eigenvalue weighted by molar-refractivity contribution is 0.0684. The number of methoxy groups -OCH3 is 1. The van der Waals surface area contributed by atoms with E-state index in [1.807, 2.05) is 12.1 Å². The van der Waals surface area contributed by atoms with Gasteiger partial charge in [0.15, 0.2) is 0 Å². The normalized spacial score (nSPS) is 24.4. The summed E-state index contributed by atoms with van der Waals surface area (Å²) in [6, 6.07) is 8.68. The SMILES string of the molecule is COc1ccc(CC(C)NCC2CCCCC2O)cc1. The van der Waals surface area contributed by atoms with Crippen molar-refractivity contribution in [2.75, 3.05) is 13.7 Å². The molecule has 0 aliphatic heterocycles. The lowest BCUT2D eigenvalue weighted by Gasteiger charge is -2.29. The van der Waals surface area contributed by atoms with E-state index >= 15 is 0 Å². The molecule has 0 amide bonds. The largest absolute Gasteiger partial charge is 0.497 e. The molecule has 2 N–H and O–H groups in total. The van der Waals surface area contributed by atoms with Gasteiger partial charge in [-0.1, -0.05) is 25.0 Å². The summed E-state index contributed by atoms with van der Waals surface area (Å²) in [5.74, 6) is 1.33. The predicted octanol–water partition coefficient (Wildman–Crippen LogP) is 2.77. The third-order valence-corrected chi connectivity index (χ3v) is 4.30. The molecule has 3 atom stereocenters. The Balaban J connectivity index is 1.75. The van der Waals surface area contributed by atoms with Crippen molar-refractivity contribution < 1.29 is 9.84 Å². The average Bonchev–Trinajstić information content (AvgIpc) is 2.47. The van der Waals surface area contributed by atoms with E-state index in [2.05, 4.69) is 24.4 Å². The molecule has 0 aromatic heterocycles. The molecule has 1 aliphatic rings. The highest BCUT2D eigenvalue weighted by atomic mass is 16.5. The molecule has 112 valence electrons. The number of aliphatic hydroxyl groups excluding tert-OH is 1. The molecular weight excluding hydrogens is 250 g/mol. The molecule has 1 aromatic carbocycles. The van der Waals surface area contributed by atoms with Crippen molar-refractivity contribution >= 4 is 0 Å². The molecular formula is C17H27NO2. The van der Waals surface area contributed by atoms with Crippen LogP contribution < -0.4 is 10.1 Å². The number of hydrogen-bond acceptors (Lipinski definition) is 3. The minimum atomic E-state index is -0.107. The van der Waals surface area contributed by atoms with Crippen molar-refractivity contribution in [3.8, 4) is 5.75 Å². The molecule has 2 rings (SSSR count). The van der Waals surface area contributed by atoms with Gasteiger partial charge in [0.2, 0.25) is 0 Å². The van der Waals surface area contributed by atoms with Gasteiger partial charge in [0, 0.05) is 12.6 Å². The van der Waals surface area contributed by atoms with Gasteiger partial charge in [-0.15, -0.1) is 0 Å². The first-order chi connectivity index (χ1) is 9.69. The fraction of sp³-hybridized carbons (Fsp3) is 0.647. The van der Waals surface area contributed by atoms with Crippen LogP contribution in [0.15, 0.2) is 24.3 Å². The Morgan fingerprint density at radius 2 is 1.95 bits per heavy atom. The van der Waals surface area contributed by atoms with Crippen molar-refractivity contribution in [3.63, 3.8) is 0 Å². The van der Waals surface area contributed by atoms with Crippen molar-refractivity contribution in [2.24, 2.45) is 5.92 Å². The van der Waals surface area contributed by atoms with Crippen LogP contribution in [0, 0.1) is 5.92 Å². The average molecular weight is 277 g/mol. The summed E-state index contributed by atoms with van der Waals surface area (Å²) >= 11 is 0. The quantitative estimate of drug-likeness (QED) is 0.840. The van der Waals surface area contributed by atoms with Crippen molar-refractivity contribution in [2.45, 2.75) is 51.2 Å². The molecule has 1 aromatic rings. The summed E-state index contributed by atoms with van der Waals surface area (Å²) in [7, 11) is 1.69. The number of hydrogen-bond donors (Lipinski definition) is 2. The van der Waals surface area contributed by atoms with E-state index in [9.17, 15) is 5.11 Å². The molecule has 1 aliphatic carbocycles. The zero-order valence-corrected chi connectivity index (χ0v) is 12.6. The Bertz CT molecular complexity index is 390. The Labute approximate surface area is 122 Å². The van der Waals surface area contributed by atoms with Gasteiger partial charge < -0.3 is 15.2 Å². The van der Waals surface area contributed by atoms with E-state index in [4.69, 9.17) is 4.74 Å². The summed E-state index contributed by atoms with van der Waals surface area (Å²) < 4.78 is 5.17. The second kappa shape index (κ2) is 7.65. The van der Waals surface area contributed by atoms with Crippen LogP contribution in [0.5, 0.6) is 5.75 Å². The highest BCUT2D eigenvalue weighted by Crippen LogP contribution is 2.23. The summed E-state index contributed by atoms with van der Waals surface area (Å²) in [5, 5.41) is 13.5. The van der Waals surface area contributed by atoms with Gasteiger partial charge in [-0.05, 0) is 49.8 Å². The molecule has 3 heteroatoms. The molecule has 3 unspecified atom stereocenters. The van der Waals surface area contributed by atoms with E-state index in [-0.39, 0.29) is 6.10 Å². The third kappa shape index (κ3) is 4.50. The second-order valence-electron chi connectivity index (χ2n) is 5.97. The lowest BCUT2D eigenvalue weighted by Crippen LogP contribution is -2.38. The van der Waals surface area contributed by atoms with Gasteiger partial charge in [-0.2, -0.15) is 0 Å². The summed E-state index contributed by atoms with van der Waals surface area (Å²) in [5.41, 5.74) is 1.31.